The summed E-state index contributed by atoms with van der Waals surface area (Å²) in [6.45, 7) is 18.8. The van der Waals surface area contributed by atoms with E-state index in [1.165, 1.54) is 238 Å². The Bertz CT molecular complexity index is 1180. The van der Waals surface area contributed by atoms with E-state index in [0.717, 1.165) is 77.3 Å². The molecule has 0 aromatic heterocycles. The third kappa shape index (κ3) is 51.0. The van der Waals surface area contributed by atoms with Crippen molar-refractivity contribution < 1.29 is 28.6 Å². The van der Waals surface area contributed by atoms with Crippen LogP contribution in [0.15, 0.2) is 0 Å². The van der Waals surface area contributed by atoms with Crippen LogP contribution in [-0.2, 0) is 28.6 Å². The molecule has 0 fully saturated rings. The van der Waals surface area contributed by atoms with Gasteiger partial charge in [0.15, 0.2) is 0 Å². The first kappa shape index (κ1) is 75.3. The van der Waals surface area contributed by atoms with Crippen molar-refractivity contribution in [2.45, 2.75) is 356 Å². The van der Waals surface area contributed by atoms with Crippen LogP contribution in [0.4, 0.5) is 0 Å². The molecular formula is C69H136N2O6. The highest BCUT2D eigenvalue weighted by molar-refractivity contribution is 5.72. The smallest absolute Gasteiger partial charge is 0.308 e. The number of rotatable bonds is 62. The Labute approximate surface area is 481 Å². The van der Waals surface area contributed by atoms with Crippen molar-refractivity contribution in [3.05, 3.63) is 0 Å². The highest BCUT2D eigenvalue weighted by Gasteiger charge is 2.21. The molecular weight excluding hydrogens is 953 g/mol. The maximum absolute atomic E-state index is 13.2. The van der Waals surface area contributed by atoms with E-state index in [1.54, 1.807) is 0 Å². The van der Waals surface area contributed by atoms with Crippen LogP contribution in [0.2, 0.25) is 0 Å². The molecule has 0 rings (SSSR count). The summed E-state index contributed by atoms with van der Waals surface area (Å²) >= 11 is 0. The number of ether oxygens (including phenoxy) is 3. The normalized spacial score (nSPS) is 13.0. The maximum atomic E-state index is 13.2. The Balaban J connectivity index is 5.31. The molecule has 0 spiro atoms. The topological polar surface area (TPSA) is 85.4 Å². The van der Waals surface area contributed by atoms with Gasteiger partial charge in [0.05, 0.1) is 25.7 Å². The molecule has 0 aromatic carbocycles. The molecule has 8 nitrogen and oxygen atoms in total. The predicted octanol–water partition coefficient (Wildman–Crippen LogP) is 20.5. The molecule has 0 heterocycles. The third-order valence-corrected chi connectivity index (χ3v) is 16.7. The average Bonchev–Trinajstić information content (AvgIpc) is 3.42. The van der Waals surface area contributed by atoms with Gasteiger partial charge in [0.1, 0.15) is 0 Å². The molecule has 0 saturated heterocycles. The summed E-state index contributed by atoms with van der Waals surface area (Å²) in [5, 5.41) is 0. The van der Waals surface area contributed by atoms with Crippen molar-refractivity contribution in [2.24, 2.45) is 17.8 Å². The van der Waals surface area contributed by atoms with Crippen LogP contribution >= 0.6 is 0 Å². The Kier molecular flexibility index (Phi) is 57.7. The summed E-state index contributed by atoms with van der Waals surface area (Å²) in [7, 11) is 4.39. The van der Waals surface area contributed by atoms with Gasteiger partial charge in [0, 0.05) is 18.9 Å². The van der Waals surface area contributed by atoms with E-state index in [1.807, 2.05) is 0 Å². The van der Waals surface area contributed by atoms with E-state index < -0.39 is 0 Å². The van der Waals surface area contributed by atoms with Gasteiger partial charge in [-0.05, 0) is 135 Å². The predicted molar refractivity (Wildman–Crippen MR) is 333 cm³/mol. The highest BCUT2D eigenvalue weighted by Crippen LogP contribution is 2.24. The van der Waals surface area contributed by atoms with Crippen molar-refractivity contribution in [1.82, 2.24) is 9.80 Å². The zero-order valence-electron chi connectivity index (χ0n) is 53.3. The summed E-state index contributed by atoms with van der Waals surface area (Å²) < 4.78 is 17.6. The SMILES string of the molecule is CCCCCCC(CCCC)COC(=O)CCCCCCCCC(CCCCCCCCC(=O)OCC(CCCC)CCCCCC)N(CCCCCCOC(=O)C(CCCCCC)CCCCCC)CCCCN(C)C. The summed E-state index contributed by atoms with van der Waals surface area (Å²) in [5.41, 5.74) is 0. The summed E-state index contributed by atoms with van der Waals surface area (Å²) in [6, 6.07) is 0.618. The summed E-state index contributed by atoms with van der Waals surface area (Å²) in [5.74, 6) is 1.23. The molecule has 458 valence electrons. The van der Waals surface area contributed by atoms with Crippen LogP contribution in [0.5, 0.6) is 0 Å². The van der Waals surface area contributed by atoms with Crippen LogP contribution < -0.4 is 0 Å². The number of hydrogen-bond acceptors (Lipinski definition) is 8. The Hall–Kier alpha value is -1.67. The minimum Gasteiger partial charge on any atom is -0.465 e. The lowest BCUT2D eigenvalue weighted by Gasteiger charge is -2.32. The molecule has 0 bridgehead atoms. The van der Waals surface area contributed by atoms with Crippen molar-refractivity contribution in [3.63, 3.8) is 0 Å². The maximum Gasteiger partial charge on any atom is 0.308 e. The van der Waals surface area contributed by atoms with E-state index in [4.69, 9.17) is 14.2 Å². The molecule has 0 saturated carbocycles. The monoisotopic (exact) mass is 1090 g/mol. The molecule has 0 aliphatic heterocycles. The van der Waals surface area contributed by atoms with Crippen molar-refractivity contribution >= 4 is 17.9 Å². The molecule has 8 heteroatoms. The third-order valence-electron chi connectivity index (χ3n) is 16.7. The molecule has 77 heavy (non-hydrogen) atoms. The summed E-state index contributed by atoms with van der Waals surface area (Å²) in [4.78, 5) is 43.9. The lowest BCUT2D eigenvalue weighted by molar-refractivity contribution is -0.149. The lowest BCUT2D eigenvalue weighted by Crippen LogP contribution is -2.37. The van der Waals surface area contributed by atoms with Gasteiger partial charge in [-0.1, -0.05) is 247 Å². The zero-order valence-corrected chi connectivity index (χ0v) is 53.3. The second kappa shape index (κ2) is 59.0. The van der Waals surface area contributed by atoms with E-state index in [0.29, 0.717) is 50.5 Å². The molecule has 0 aromatic rings. The van der Waals surface area contributed by atoms with Gasteiger partial charge in [0.2, 0.25) is 0 Å². The van der Waals surface area contributed by atoms with Gasteiger partial charge in [0.25, 0.3) is 0 Å². The lowest BCUT2D eigenvalue weighted by atomic mass is 9.94. The molecule has 0 aliphatic carbocycles. The fourth-order valence-electron chi connectivity index (χ4n) is 11.4. The second-order valence-corrected chi connectivity index (χ2v) is 24.6. The molecule has 0 aliphatic rings. The highest BCUT2D eigenvalue weighted by atomic mass is 16.5. The molecule has 0 radical (unpaired) electrons. The fraction of sp³-hybridized carbons (Fsp3) is 0.957. The number of nitrogens with zero attached hydrogens (tertiary/aromatic N) is 2. The first-order valence-electron chi connectivity index (χ1n) is 34.5. The van der Waals surface area contributed by atoms with Crippen molar-refractivity contribution in [1.29, 1.82) is 0 Å². The minimum atomic E-state index is 0.0108. The van der Waals surface area contributed by atoms with Crippen LogP contribution in [0, 0.1) is 17.8 Å². The van der Waals surface area contributed by atoms with Crippen LogP contribution in [-0.4, -0.2) is 87.3 Å². The van der Waals surface area contributed by atoms with Gasteiger partial charge >= 0.3 is 17.9 Å². The van der Waals surface area contributed by atoms with Crippen molar-refractivity contribution in [2.75, 3.05) is 53.6 Å². The van der Waals surface area contributed by atoms with Gasteiger partial charge in [-0.25, -0.2) is 0 Å². The first-order chi connectivity index (χ1) is 37.6. The van der Waals surface area contributed by atoms with E-state index in [9.17, 15) is 14.4 Å². The van der Waals surface area contributed by atoms with Crippen LogP contribution in [0.3, 0.4) is 0 Å². The second-order valence-electron chi connectivity index (χ2n) is 24.6. The Morgan fingerprint density at radius 1 is 0.325 bits per heavy atom. The standard InChI is InChI=1S/C69H136N2O6/c1-9-15-21-35-49-63(47-19-13-5)61-76-67(72)55-41-31-27-25-29-39-53-66(54-40-30-26-28-32-42-56-68(73)77-62-64(48-20-14-6)50-36-22-16-10-2)71(59-45-44-57-70(7)8)58-43-33-34-46-60-75-69(74)65(51-37-23-17-11-3)52-38-24-18-12-4/h63-66H,9-62H2,1-8H3. The van der Waals surface area contributed by atoms with Crippen LogP contribution in [0.25, 0.3) is 0 Å². The summed E-state index contributed by atoms with van der Waals surface area (Å²) in [6.07, 6.45) is 56.3. The Morgan fingerprint density at radius 3 is 1.08 bits per heavy atom. The van der Waals surface area contributed by atoms with E-state index in [-0.39, 0.29) is 23.8 Å². The largest absolute Gasteiger partial charge is 0.465 e. The number of hydrogen-bond donors (Lipinski definition) is 0. The molecule has 0 amide bonds. The fourth-order valence-corrected chi connectivity index (χ4v) is 11.4. The number of unbranched alkanes of at least 4 members (excludes halogenated alkanes) is 28. The van der Waals surface area contributed by atoms with Crippen molar-refractivity contribution in [3.8, 4) is 0 Å². The Morgan fingerprint density at radius 2 is 0.649 bits per heavy atom. The average molecular weight is 1090 g/mol. The van der Waals surface area contributed by atoms with Gasteiger partial charge in [-0.3, -0.25) is 14.4 Å². The number of esters is 3. The molecule has 2 unspecified atom stereocenters. The minimum absolute atomic E-state index is 0.0108. The number of carbonyl (C=O) groups excluding carboxylic acids is 3. The van der Waals surface area contributed by atoms with Crippen LogP contribution in [0.1, 0.15) is 350 Å². The van der Waals surface area contributed by atoms with E-state index in [2.05, 4.69) is 65.4 Å². The van der Waals surface area contributed by atoms with E-state index >= 15 is 0 Å². The zero-order chi connectivity index (χ0) is 56.5. The first-order valence-corrected chi connectivity index (χ1v) is 34.5. The van der Waals surface area contributed by atoms with Gasteiger partial charge < -0.3 is 24.0 Å². The van der Waals surface area contributed by atoms with Gasteiger partial charge in [-0.15, -0.1) is 0 Å². The van der Waals surface area contributed by atoms with Gasteiger partial charge in [-0.2, -0.15) is 0 Å². The quantitative estimate of drug-likeness (QED) is 0.0338. The number of carbonyl (C=O) groups is 3. The molecule has 2 atom stereocenters. The molecule has 0 N–H and O–H groups in total.